The van der Waals surface area contributed by atoms with Crippen molar-refractivity contribution in [3.63, 3.8) is 0 Å². The van der Waals surface area contributed by atoms with E-state index in [1.54, 1.807) is 6.92 Å². The van der Waals surface area contributed by atoms with Crippen LogP contribution in [0.5, 0.6) is 0 Å². The van der Waals surface area contributed by atoms with Crippen molar-refractivity contribution in [1.29, 1.82) is 5.26 Å². The van der Waals surface area contributed by atoms with Crippen molar-refractivity contribution in [2.45, 2.75) is 37.3 Å². The zero-order chi connectivity index (χ0) is 17.5. The first-order chi connectivity index (χ1) is 11.5. The fourth-order valence-electron chi connectivity index (χ4n) is 1.99. The Labute approximate surface area is 143 Å². The summed E-state index contributed by atoms with van der Waals surface area (Å²) >= 11 is 1.10. The molecule has 0 unspecified atom stereocenters. The molecule has 0 fully saturated rings. The molecular formula is C17H17N3O3S. The van der Waals surface area contributed by atoms with Crippen LogP contribution >= 0.6 is 11.8 Å². The topological polar surface area (TPSA) is 95.8 Å². The SMILES string of the molecule is CCc1nc(S[C@H](C)C(=O)OCc2ccccc2)[nH]c(=O)c1C#N. The fraction of sp³-hybridized carbons (Fsp3) is 0.294. The summed E-state index contributed by atoms with van der Waals surface area (Å²) in [4.78, 5) is 30.7. The zero-order valence-electron chi connectivity index (χ0n) is 13.4. The molecule has 0 saturated carbocycles. The first kappa shape index (κ1) is 17.8. The first-order valence-corrected chi connectivity index (χ1v) is 8.33. The van der Waals surface area contributed by atoms with Crippen LogP contribution in [0, 0.1) is 11.3 Å². The van der Waals surface area contributed by atoms with Gasteiger partial charge in [0, 0.05) is 0 Å². The van der Waals surface area contributed by atoms with Crippen molar-refractivity contribution in [3.05, 3.63) is 57.5 Å². The molecule has 1 heterocycles. The van der Waals surface area contributed by atoms with E-state index in [1.807, 2.05) is 43.3 Å². The molecule has 0 bridgehead atoms. The number of aromatic amines is 1. The lowest BCUT2D eigenvalue weighted by molar-refractivity contribution is -0.143. The van der Waals surface area contributed by atoms with Gasteiger partial charge in [0.1, 0.15) is 23.5 Å². The summed E-state index contributed by atoms with van der Waals surface area (Å²) in [5, 5.41) is 8.75. The Kier molecular flexibility index (Phi) is 6.15. The number of carbonyl (C=O) groups is 1. The van der Waals surface area contributed by atoms with Crippen molar-refractivity contribution in [2.75, 3.05) is 0 Å². The Morgan fingerprint density at radius 1 is 1.42 bits per heavy atom. The molecule has 0 aliphatic heterocycles. The molecule has 2 aromatic rings. The molecular weight excluding hydrogens is 326 g/mol. The molecule has 0 saturated heterocycles. The van der Waals surface area contributed by atoms with Crippen molar-refractivity contribution in [3.8, 4) is 6.07 Å². The van der Waals surface area contributed by atoms with E-state index in [1.165, 1.54) is 0 Å². The molecule has 2 rings (SSSR count). The minimum absolute atomic E-state index is 0.0150. The predicted octanol–water partition coefficient (Wildman–Crippen LogP) is 2.43. The Bertz CT molecular complexity index is 812. The maximum Gasteiger partial charge on any atom is 0.319 e. The van der Waals surface area contributed by atoms with Crippen LogP contribution in [0.25, 0.3) is 0 Å². The van der Waals surface area contributed by atoms with Gasteiger partial charge in [-0.15, -0.1) is 0 Å². The second-order valence-electron chi connectivity index (χ2n) is 5.01. The molecule has 1 aromatic heterocycles. The van der Waals surface area contributed by atoms with Crippen molar-refractivity contribution in [2.24, 2.45) is 0 Å². The van der Waals surface area contributed by atoms with Gasteiger partial charge in [-0.25, -0.2) is 4.98 Å². The van der Waals surface area contributed by atoms with Gasteiger partial charge in [0.05, 0.1) is 5.69 Å². The third-order valence-corrected chi connectivity index (χ3v) is 4.23. The van der Waals surface area contributed by atoms with E-state index in [0.717, 1.165) is 17.3 Å². The number of aromatic nitrogens is 2. The number of rotatable bonds is 6. The van der Waals surface area contributed by atoms with E-state index in [9.17, 15) is 9.59 Å². The van der Waals surface area contributed by atoms with Crippen LogP contribution < -0.4 is 5.56 Å². The molecule has 6 nitrogen and oxygen atoms in total. The Balaban J connectivity index is 2.02. The number of nitrogens with zero attached hydrogens (tertiary/aromatic N) is 2. The molecule has 24 heavy (non-hydrogen) atoms. The summed E-state index contributed by atoms with van der Waals surface area (Å²) in [6.07, 6.45) is 0.465. The monoisotopic (exact) mass is 343 g/mol. The van der Waals surface area contributed by atoms with Gasteiger partial charge in [-0.3, -0.25) is 9.59 Å². The number of hydrogen-bond donors (Lipinski definition) is 1. The van der Waals surface area contributed by atoms with Crippen molar-refractivity contribution in [1.82, 2.24) is 9.97 Å². The summed E-state index contributed by atoms with van der Waals surface area (Å²) < 4.78 is 5.26. The van der Waals surface area contributed by atoms with Gasteiger partial charge in [-0.1, -0.05) is 49.0 Å². The molecule has 124 valence electrons. The highest BCUT2D eigenvalue weighted by Gasteiger charge is 2.19. The summed E-state index contributed by atoms with van der Waals surface area (Å²) in [6.45, 7) is 3.69. The molecule has 0 aliphatic rings. The Hall–Kier alpha value is -2.59. The number of nitrogens with one attached hydrogen (secondary N) is 1. The second-order valence-corrected chi connectivity index (χ2v) is 6.34. The van der Waals surface area contributed by atoms with Gasteiger partial charge in [0.25, 0.3) is 5.56 Å². The summed E-state index contributed by atoms with van der Waals surface area (Å²) in [7, 11) is 0. The van der Waals surface area contributed by atoms with Crippen LogP contribution in [-0.4, -0.2) is 21.2 Å². The standard InChI is InChI=1S/C17H17N3O3S/c1-3-14-13(9-18)15(21)20-17(19-14)24-11(2)16(22)23-10-12-7-5-4-6-8-12/h4-8,11H,3,10H2,1-2H3,(H,19,20,21)/t11-/m1/s1. The second kappa shape index (κ2) is 8.31. The van der Waals surface area contributed by atoms with Gasteiger partial charge in [-0.2, -0.15) is 5.26 Å². The third kappa shape index (κ3) is 4.46. The van der Waals surface area contributed by atoms with E-state index in [4.69, 9.17) is 10.00 Å². The Morgan fingerprint density at radius 3 is 2.75 bits per heavy atom. The number of carbonyl (C=O) groups excluding carboxylic acids is 1. The number of thioether (sulfide) groups is 1. The number of esters is 1. The molecule has 0 amide bonds. The minimum Gasteiger partial charge on any atom is -0.460 e. The fourth-order valence-corrected chi connectivity index (χ4v) is 2.80. The number of ether oxygens (including phenoxy) is 1. The number of benzene rings is 1. The van der Waals surface area contributed by atoms with Gasteiger partial charge < -0.3 is 9.72 Å². The van der Waals surface area contributed by atoms with Crippen LogP contribution in [0.15, 0.2) is 40.3 Å². The highest BCUT2D eigenvalue weighted by Crippen LogP contribution is 2.20. The summed E-state index contributed by atoms with van der Waals surface area (Å²) in [5.74, 6) is -0.395. The largest absolute Gasteiger partial charge is 0.460 e. The quantitative estimate of drug-likeness (QED) is 0.492. The number of aryl methyl sites for hydroxylation is 1. The highest BCUT2D eigenvalue weighted by molar-refractivity contribution is 8.00. The van der Waals surface area contributed by atoms with Gasteiger partial charge in [0.2, 0.25) is 0 Å². The van der Waals surface area contributed by atoms with Gasteiger partial charge in [0.15, 0.2) is 5.16 Å². The van der Waals surface area contributed by atoms with E-state index < -0.39 is 16.8 Å². The maximum absolute atomic E-state index is 12.1. The molecule has 0 aliphatic carbocycles. The van der Waals surface area contributed by atoms with E-state index in [2.05, 4.69) is 9.97 Å². The Morgan fingerprint density at radius 2 is 2.12 bits per heavy atom. The highest BCUT2D eigenvalue weighted by atomic mass is 32.2. The molecule has 1 aromatic carbocycles. The van der Waals surface area contributed by atoms with Crippen molar-refractivity contribution >= 4 is 17.7 Å². The van der Waals surface area contributed by atoms with Crippen LogP contribution in [0.2, 0.25) is 0 Å². The normalized spacial score (nSPS) is 11.5. The molecule has 0 spiro atoms. The van der Waals surface area contributed by atoms with Crippen LogP contribution in [-0.2, 0) is 22.6 Å². The third-order valence-electron chi connectivity index (χ3n) is 3.26. The average molecular weight is 343 g/mol. The molecule has 1 N–H and O–H groups in total. The van der Waals surface area contributed by atoms with E-state index in [0.29, 0.717) is 17.3 Å². The van der Waals surface area contributed by atoms with E-state index in [-0.39, 0.29) is 12.2 Å². The average Bonchev–Trinajstić information content (AvgIpc) is 2.59. The van der Waals surface area contributed by atoms with Crippen LogP contribution in [0.3, 0.4) is 0 Å². The van der Waals surface area contributed by atoms with Crippen LogP contribution in [0.4, 0.5) is 0 Å². The summed E-state index contributed by atoms with van der Waals surface area (Å²) in [6, 6.07) is 11.2. The van der Waals surface area contributed by atoms with E-state index >= 15 is 0 Å². The van der Waals surface area contributed by atoms with Gasteiger partial charge in [-0.05, 0) is 18.9 Å². The minimum atomic E-state index is -0.533. The van der Waals surface area contributed by atoms with Crippen molar-refractivity contribution < 1.29 is 9.53 Å². The number of hydrogen-bond acceptors (Lipinski definition) is 6. The lowest BCUT2D eigenvalue weighted by atomic mass is 10.2. The number of H-pyrrole nitrogens is 1. The maximum atomic E-state index is 12.1. The molecule has 0 radical (unpaired) electrons. The lowest BCUT2D eigenvalue weighted by Crippen LogP contribution is -2.20. The number of nitriles is 1. The molecule has 7 heteroatoms. The summed E-state index contributed by atoms with van der Waals surface area (Å²) in [5.41, 5.74) is 0.854. The van der Waals surface area contributed by atoms with Gasteiger partial charge >= 0.3 is 5.97 Å². The van der Waals surface area contributed by atoms with Crippen LogP contribution in [0.1, 0.15) is 30.7 Å². The smallest absolute Gasteiger partial charge is 0.319 e. The zero-order valence-corrected chi connectivity index (χ0v) is 14.2. The molecule has 1 atom stereocenters. The predicted molar refractivity (Wildman–Crippen MR) is 90.5 cm³/mol. The lowest BCUT2D eigenvalue weighted by Gasteiger charge is -2.11. The first-order valence-electron chi connectivity index (χ1n) is 7.45.